The van der Waals surface area contributed by atoms with Gasteiger partial charge in [-0.05, 0) is 29.0 Å². The van der Waals surface area contributed by atoms with Gasteiger partial charge >= 0.3 is 5.97 Å². The van der Waals surface area contributed by atoms with Crippen LogP contribution in [-0.4, -0.2) is 27.9 Å². The van der Waals surface area contributed by atoms with Crippen molar-refractivity contribution in [3.63, 3.8) is 0 Å². The smallest absolute Gasteiger partial charge is 0.326 e. The first kappa shape index (κ1) is 17.2. The summed E-state index contributed by atoms with van der Waals surface area (Å²) in [4.78, 5) is 26.2. The van der Waals surface area contributed by atoms with Gasteiger partial charge in [-0.2, -0.15) is 0 Å². The summed E-state index contributed by atoms with van der Waals surface area (Å²) in [5, 5.41) is 9.60. The van der Waals surface area contributed by atoms with Crippen molar-refractivity contribution >= 4 is 11.9 Å². The quantitative estimate of drug-likeness (QED) is 0.907. The van der Waals surface area contributed by atoms with E-state index >= 15 is 0 Å². The highest BCUT2D eigenvalue weighted by molar-refractivity contribution is 5.85. The van der Waals surface area contributed by atoms with Gasteiger partial charge in [0.1, 0.15) is 6.04 Å². The Labute approximate surface area is 148 Å². The second-order valence-electron chi connectivity index (χ2n) is 6.57. The third-order valence-corrected chi connectivity index (χ3v) is 5.04. The molecule has 4 heteroatoms. The molecule has 130 valence electrons. The number of amides is 1. The molecule has 0 aliphatic carbocycles. The first-order valence-corrected chi connectivity index (χ1v) is 8.74. The van der Waals surface area contributed by atoms with Gasteiger partial charge in [0.2, 0.25) is 5.91 Å². The number of aliphatic carboxylic acids is 1. The number of carboxylic acid groups (broad SMARTS) is 1. The van der Waals surface area contributed by atoms with Gasteiger partial charge in [-0.3, -0.25) is 4.79 Å². The first-order chi connectivity index (χ1) is 12.1. The maximum atomic E-state index is 12.9. The van der Waals surface area contributed by atoms with E-state index in [2.05, 4.69) is 6.92 Å². The van der Waals surface area contributed by atoms with Crippen molar-refractivity contribution in [3.8, 4) is 0 Å². The molecule has 1 amide bonds. The number of hydrogen-bond acceptors (Lipinski definition) is 2. The molecule has 0 fully saturated rings. The molecule has 1 N–H and O–H groups in total. The van der Waals surface area contributed by atoms with Crippen LogP contribution in [-0.2, 0) is 22.6 Å². The molecule has 2 aromatic carbocycles. The van der Waals surface area contributed by atoms with Crippen molar-refractivity contribution < 1.29 is 14.7 Å². The van der Waals surface area contributed by atoms with Gasteiger partial charge in [-0.25, -0.2) is 4.79 Å². The Morgan fingerprint density at radius 2 is 1.72 bits per heavy atom. The van der Waals surface area contributed by atoms with Gasteiger partial charge in [0, 0.05) is 19.4 Å². The predicted octanol–water partition coefficient (Wildman–Crippen LogP) is 3.61. The predicted molar refractivity (Wildman–Crippen MR) is 96.2 cm³/mol. The van der Waals surface area contributed by atoms with Gasteiger partial charge in [-0.15, -0.1) is 0 Å². The zero-order valence-electron chi connectivity index (χ0n) is 14.4. The molecule has 1 heterocycles. The Hall–Kier alpha value is -2.62. The van der Waals surface area contributed by atoms with Crippen LogP contribution in [0.5, 0.6) is 0 Å². The SMILES string of the molecule is CCC(CC(=O)N1Cc2ccccc2CC1C(=O)O)c1ccccc1. The number of fused-ring (bicyclic) bond motifs is 1. The summed E-state index contributed by atoms with van der Waals surface area (Å²) in [5.41, 5.74) is 3.19. The van der Waals surface area contributed by atoms with Gasteiger partial charge in [0.15, 0.2) is 0 Å². The zero-order valence-corrected chi connectivity index (χ0v) is 14.4. The fourth-order valence-corrected chi connectivity index (χ4v) is 3.56. The minimum absolute atomic E-state index is 0.0855. The van der Waals surface area contributed by atoms with Crippen LogP contribution in [0.2, 0.25) is 0 Å². The number of hydrogen-bond donors (Lipinski definition) is 1. The maximum Gasteiger partial charge on any atom is 0.326 e. The van der Waals surface area contributed by atoms with Crippen LogP contribution in [0.15, 0.2) is 54.6 Å². The largest absolute Gasteiger partial charge is 0.480 e. The topological polar surface area (TPSA) is 57.6 Å². The van der Waals surface area contributed by atoms with Gasteiger partial charge in [-0.1, -0.05) is 61.5 Å². The van der Waals surface area contributed by atoms with E-state index in [4.69, 9.17) is 0 Å². The Kier molecular flexibility index (Phi) is 5.17. The van der Waals surface area contributed by atoms with Gasteiger partial charge in [0.25, 0.3) is 0 Å². The highest BCUT2D eigenvalue weighted by Crippen LogP contribution is 2.28. The van der Waals surface area contributed by atoms with Crippen LogP contribution >= 0.6 is 0 Å². The molecule has 3 rings (SSSR count). The molecular weight excluding hydrogens is 314 g/mol. The number of carboxylic acids is 1. The van der Waals surface area contributed by atoms with Crippen molar-refractivity contribution in [3.05, 3.63) is 71.3 Å². The molecular formula is C21H23NO3. The average molecular weight is 337 g/mol. The van der Waals surface area contributed by atoms with E-state index < -0.39 is 12.0 Å². The summed E-state index contributed by atoms with van der Waals surface area (Å²) >= 11 is 0. The number of nitrogens with zero attached hydrogens (tertiary/aromatic N) is 1. The Morgan fingerprint density at radius 1 is 1.08 bits per heavy atom. The summed E-state index contributed by atoms with van der Waals surface area (Å²) in [6.07, 6.45) is 1.56. The fourth-order valence-electron chi connectivity index (χ4n) is 3.56. The fraction of sp³-hybridized carbons (Fsp3) is 0.333. The van der Waals surface area contributed by atoms with E-state index in [1.54, 1.807) is 0 Å². The molecule has 4 nitrogen and oxygen atoms in total. The molecule has 2 aromatic rings. The number of carbonyl (C=O) groups is 2. The van der Waals surface area contributed by atoms with Crippen molar-refractivity contribution in [2.24, 2.45) is 0 Å². The summed E-state index contributed by atoms with van der Waals surface area (Å²) in [6.45, 7) is 2.43. The first-order valence-electron chi connectivity index (χ1n) is 8.74. The summed E-state index contributed by atoms with van der Waals surface area (Å²) < 4.78 is 0. The van der Waals surface area contributed by atoms with Crippen molar-refractivity contribution in [2.75, 3.05) is 0 Å². The van der Waals surface area contributed by atoms with E-state index in [1.807, 2.05) is 54.6 Å². The Balaban J connectivity index is 1.81. The van der Waals surface area contributed by atoms with E-state index in [1.165, 1.54) is 4.90 Å². The molecule has 0 radical (unpaired) electrons. The van der Waals surface area contributed by atoms with Crippen molar-refractivity contribution in [2.45, 2.75) is 44.7 Å². The molecule has 1 aliphatic heterocycles. The van der Waals surface area contributed by atoms with Crippen LogP contribution in [0.4, 0.5) is 0 Å². The molecule has 25 heavy (non-hydrogen) atoms. The summed E-state index contributed by atoms with van der Waals surface area (Å²) in [5.74, 6) is -0.909. The lowest BCUT2D eigenvalue weighted by molar-refractivity contribution is -0.151. The van der Waals surface area contributed by atoms with Crippen LogP contribution < -0.4 is 0 Å². The number of benzene rings is 2. The molecule has 0 aromatic heterocycles. The second-order valence-corrected chi connectivity index (χ2v) is 6.57. The highest BCUT2D eigenvalue weighted by Gasteiger charge is 2.35. The van der Waals surface area contributed by atoms with Crippen LogP contribution in [0.3, 0.4) is 0 Å². The lowest BCUT2D eigenvalue weighted by Gasteiger charge is -2.35. The molecule has 2 unspecified atom stereocenters. The van der Waals surface area contributed by atoms with Crippen LogP contribution in [0.1, 0.15) is 42.4 Å². The van der Waals surface area contributed by atoms with Crippen molar-refractivity contribution in [1.29, 1.82) is 0 Å². The molecule has 0 bridgehead atoms. The third-order valence-electron chi connectivity index (χ3n) is 5.04. The molecule has 2 atom stereocenters. The van der Waals surface area contributed by atoms with Gasteiger partial charge in [0.05, 0.1) is 0 Å². The average Bonchev–Trinajstić information content (AvgIpc) is 2.65. The molecule has 0 saturated heterocycles. The maximum absolute atomic E-state index is 12.9. The van der Waals surface area contributed by atoms with Gasteiger partial charge < -0.3 is 10.0 Å². The van der Waals surface area contributed by atoms with Crippen LogP contribution in [0, 0.1) is 0 Å². The van der Waals surface area contributed by atoms with E-state index in [9.17, 15) is 14.7 Å². The molecule has 1 aliphatic rings. The normalized spacial score (nSPS) is 17.6. The van der Waals surface area contributed by atoms with E-state index in [0.29, 0.717) is 19.4 Å². The second kappa shape index (κ2) is 7.51. The third kappa shape index (κ3) is 3.73. The van der Waals surface area contributed by atoms with Crippen molar-refractivity contribution in [1.82, 2.24) is 4.90 Å². The zero-order chi connectivity index (χ0) is 17.8. The monoisotopic (exact) mass is 337 g/mol. The molecule has 0 spiro atoms. The van der Waals surface area contributed by atoms with E-state index in [0.717, 1.165) is 23.1 Å². The minimum atomic E-state index is -0.935. The van der Waals surface area contributed by atoms with E-state index in [-0.39, 0.29) is 11.8 Å². The van der Waals surface area contributed by atoms with Crippen LogP contribution in [0.25, 0.3) is 0 Å². The number of carbonyl (C=O) groups excluding carboxylic acids is 1. The highest BCUT2D eigenvalue weighted by atomic mass is 16.4. The summed E-state index contributed by atoms with van der Waals surface area (Å²) in [6, 6.07) is 17.0. The standard InChI is InChI=1S/C21H23NO3/c1-2-15(16-8-4-3-5-9-16)13-20(23)22-14-18-11-7-6-10-17(18)12-19(22)21(24)25/h3-11,15,19H,2,12-14H2,1H3,(H,24,25). The Morgan fingerprint density at radius 3 is 2.36 bits per heavy atom. The molecule has 0 saturated carbocycles. The number of rotatable bonds is 5. The summed E-state index contributed by atoms with van der Waals surface area (Å²) in [7, 11) is 0. The lowest BCUT2D eigenvalue weighted by Crippen LogP contribution is -2.48. The Bertz CT molecular complexity index is 757. The lowest BCUT2D eigenvalue weighted by atomic mass is 9.90. The minimum Gasteiger partial charge on any atom is -0.480 e.